The maximum Gasteiger partial charge on any atom is 0.270 e. The summed E-state index contributed by atoms with van der Waals surface area (Å²) >= 11 is 0. The molecule has 1 aromatic heterocycles. The monoisotopic (exact) mass is 443 g/mol. The minimum absolute atomic E-state index is 0.101. The van der Waals surface area contributed by atoms with Gasteiger partial charge in [0, 0.05) is 49.9 Å². The van der Waals surface area contributed by atoms with Gasteiger partial charge in [-0.05, 0) is 30.3 Å². The average Bonchev–Trinajstić information content (AvgIpc) is 2.80. The fourth-order valence-corrected chi connectivity index (χ4v) is 4.83. The number of hydrogen-bond acceptors (Lipinski definition) is 7. The van der Waals surface area contributed by atoms with Gasteiger partial charge in [-0.15, -0.1) is 0 Å². The molecule has 0 aliphatic carbocycles. The number of benzene rings is 2. The summed E-state index contributed by atoms with van der Waals surface area (Å²) in [6.07, 6.45) is 1.42. The summed E-state index contributed by atoms with van der Waals surface area (Å²) in [5.74, 6) is 0.306. The molecule has 0 spiro atoms. The van der Waals surface area contributed by atoms with Gasteiger partial charge < -0.3 is 4.90 Å². The van der Waals surface area contributed by atoms with Crippen LogP contribution in [-0.2, 0) is 10.0 Å². The Bertz CT molecular complexity index is 1210. The predicted molar refractivity (Wildman–Crippen MR) is 111 cm³/mol. The Morgan fingerprint density at radius 3 is 2.35 bits per heavy atom. The smallest absolute Gasteiger partial charge is 0.270 e. The van der Waals surface area contributed by atoms with Gasteiger partial charge >= 0.3 is 0 Å². The molecule has 0 unspecified atom stereocenters. The number of halogens is 1. The zero-order chi connectivity index (χ0) is 22.0. The van der Waals surface area contributed by atoms with E-state index in [-0.39, 0.29) is 29.5 Å². The highest BCUT2D eigenvalue weighted by molar-refractivity contribution is 7.89. The highest BCUT2D eigenvalue weighted by Gasteiger charge is 2.30. The van der Waals surface area contributed by atoms with Crippen LogP contribution >= 0.6 is 0 Å². The number of non-ortho nitro benzene ring substituents is 1. The molecule has 160 valence electrons. The average molecular weight is 443 g/mol. The van der Waals surface area contributed by atoms with Gasteiger partial charge in [0.15, 0.2) is 0 Å². The van der Waals surface area contributed by atoms with Crippen LogP contribution in [0.5, 0.6) is 0 Å². The molecule has 3 aromatic rings. The molecule has 2 heterocycles. The van der Waals surface area contributed by atoms with E-state index in [4.69, 9.17) is 0 Å². The van der Waals surface area contributed by atoms with Crippen molar-refractivity contribution < 1.29 is 17.7 Å². The molecule has 0 radical (unpaired) electrons. The van der Waals surface area contributed by atoms with Crippen molar-refractivity contribution in [2.45, 2.75) is 4.90 Å². The lowest BCUT2D eigenvalue weighted by molar-refractivity contribution is -0.385. The summed E-state index contributed by atoms with van der Waals surface area (Å²) in [6.45, 7) is 1.21. The van der Waals surface area contributed by atoms with Gasteiger partial charge in [0.2, 0.25) is 10.0 Å². The Hall–Kier alpha value is -3.44. The molecule has 1 fully saturated rings. The van der Waals surface area contributed by atoms with Crippen LogP contribution in [0.4, 0.5) is 15.9 Å². The van der Waals surface area contributed by atoms with Gasteiger partial charge in [-0.3, -0.25) is 10.1 Å². The molecule has 31 heavy (non-hydrogen) atoms. The van der Waals surface area contributed by atoms with Gasteiger partial charge in [0.05, 0.1) is 15.5 Å². The van der Waals surface area contributed by atoms with Gasteiger partial charge in [-0.1, -0.05) is 6.07 Å². The van der Waals surface area contributed by atoms with E-state index in [0.29, 0.717) is 24.6 Å². The molecule has 4 rings (SSSR count). The molecule has 2 aromatic carbocycles. The van der Waals surface area contributed by atoms with Gasteiger partial charge in [-0.25, -0.2) is 22.8 Å². The van der Waals surface area contributed by atoms with Gasteiger partial charge in [0.1, 0.15) is 18.0 Å². The lowest BCUT2D eigenvalue weighted by Gasteiger charge is -2.34. The number of nitro benzene ring substituents is 1. The van der Waals surface area contributed by atoms with Gasteiger partial charge in [-0.2, -0.15) is 4.31 Å². The van der Waals surface area contributed by atoms with E-state index in [1.807, 2.05) is 4.90 Å². The van der Waals surface area contributed by atoms with Crippen molar-refractivity contribution in [1.82, 2.24) is 14.3 Å². The zero-order valence-electron chi connectivity index (χ0n) is 16.3. The van der Waals surface area contributed by atoms with Crippen LogP contribution < -0.4 is 4.90 Å². The van der Waals surface area contributed by atoms with Crippen LogP contribution in [0.2, 0.25) is 0 Å². The van der Waals surface area contributed by atoms with Crippen LogP contribution in [-0.4, -0.2) is 53.8 Å². The Morgan fingerprint density at radius 1 is 0.968 bits per heavy atom. The number of anilines is 1. The molecule has 0 bridgehead atoms. The van der Waals surface area contributed by atoms with Crippen molar-refractivity contribution in [3.63, 3.8) is 0 Å². The quantitative estimate of drug-likeness (QED) is 0.440. The number of rotatable bonds is 5. The first kappa shape index (κ1) is 20.8. The van der Waals surface area contributed by atoms with E-state index < -0.39 is 14.9 Å². The van der Waals surface area contributed by atoms with Crippen molar-refractivity contribution in [2.75, 3.05) is 31.1 Å². The molecule has 0 saturated carbocycles. The number of nitrogens with zero attached hydrogens (tertiary/aromatic N) is 5. The summed E-state index contributed by atoms with van der Waals surface area (Å²) in [5, 5.41) is 11.0. The molecule has 1 saturated heterocycles. The second-order valence-electron chi connectivity index (χ2n) is 6.91. The number of aromatic nitrogens is 2. The topological polar surface area (TPSA) is 110 Å². The summed E-state index contributed by atoms with van der Waals surface area (Å²) in [7, 11) is -3.84. The number of hydrogen-bond donors (Lipinski definition) is 0. The van der Waals surface area contributed by atoms with Crippen LogP contribution in [0.15, 0.2) is 65.8 Å². The number of nitro groups is 1. The van der Waals surface area contributed by atoms with Crippen molar-refractivity contribution in [3.8, 4) is 11.3 Å². The first-order valence-electron chi connectivity index (χ1n) is 9.42. The third-order valence-electron chi connectivity index (χ3n) is 5.02. The molecule has 1 aliphatic heterocycles. The van der Waals surface area contributed by atoms with E-state index in [1.165, 1.54) is 41.0 Å². The van der Waals surface area contributed by atoms with Crippen LogP contribution in [0.1, 0.15) is 0 Å². The molecule has 0 amide bonds. The Kier molecular flexibility index (Phi) is 5.61. The summed E-state index contributed by atoms with van der Waals surface area (Å²) in [6, 6.07) is 12.8. The minimum Gasteiger partial charge on any atom is -0.354 e. The fraction of sp³-hybridized carbons (Fsp3) is 0.200. The van der Waals surface area contributed by atoms with E-state index in [9.17, 15) is 22.9 Å². The molecule has 1 aliphatic rings. The van der Waals surface area contributed by atoms with Crippen LogP contribution in [0.3, 0.4) is 0 Å². The van der Waals surface area contributed by atoms with Gasteiger partial charge in [0.25, 0.3) is 5.69 Å². The lowest BCUT2D eigenvalue weighted by Crippen LogP contribution is -2.48. The third kappa shape index (κ3) is 4.37. The first-order chi connectivity index (χ1) is 14.8. The van der Waals surface area contributed by atoms with Crippen molar-refractivity contribution in [3.05, 3.63) is 76.9 Å². The van der Waals surface area contributed by atoms with Crippen molar-refractivity contribution in [1.29, 1.82) is 0 Å². The second kappa shape index (κ2) is 8.36. The predicted octanol–water partition coefficient (Wildman–Crippen LogP) is 2.70. The molecular formula is C20H18FN5O4S. The van der Waals surface area contributed by atoms with Crippen molar-refractivity contribution in [2.24, 2.45) is 0 Å². The Morgan fingerprint density at radius 2 is 1.68 bits per heavy atom. The Labute approximate surface area is 178 Å². The van der Waals surface area contributed by atoms with Crippen LogP contribution in [0, 0.1) is 15.9 Å². The molecule has 0 N–H and O–H groups in total. The summed E-state index contributed by atoms with van der Waals surface area (Å²) in [5.41, 5.74) is 1.11. The van der Waals surface area contributed by atoms with E-state index in [1.54, 1.807) is 18.2 Å². The number of piperazine rings is 1. The van der Waals surface area contributed by atoms with E-state index >= 15 is 0 Å². The zero-order valence-corrected chi connectivity index (χ0v) is 17.1. The van der Waals surface area contributed by atoms with Crippen LogP contribution in [0.25, 0.3) is 11.3 Å². The number of sulfonamides is 1. The minimum atomic E-state index is -3.84. The highest BCUT2D eigenvalue weighted by Crippen LogP contribution is 2.25. The summed E-state index contributed by atoms with van der Waals surface area (Å²) < 4.78 is 40.3. The lowest BCUT2D eigenvalue weighted by atomic mass is 10.1. The Balaban J connectivity index is 1.49. The fourth-order valence-electron chi connectivity index (χ4n) is 3.36. The first-order valence-corrected chi connectivity index (χ1v) is 10.9. The SMILES string of the molecule is O=[N+]([O-])c1cccc(S(=O)(=O)N2CCN(c3cc(-c4ccc(F)cc4)ncn3)CC2)c1. The molecule has 9 nitrogen and oxygen atoms in total. The van der Waals surface area contributed by atoms with Crippen molar-refractivity contribution >= 4 is 21.5 Å². The second-order valence-corrected chi connectivity index (χ2v) is 8.85. The molecular weight excluding hydrogens is 425 g/mol. The van der Waals surface area contributed by atoms with E-state index in [0.717, 1.165) is 11.6 Å². The highest BCUT2D eigenvalue weighted by atomic mass is 32.2. The normalized spacial score (nSPS) is 15.1. The standard InChI is InChI=1S/C20H18FN5O4S/c21-16-6-4-15(5-7-16)19-13-20(23-14-22-19)24-8-10-25(11-9-24)31(29,30)18-3-1-2-17(12-18)26(27)28/h1-7,12-14H,8-11H2. The molecule has 0 atom stereocenters. The largest absolute Gasteiger partial charge is 0.354 e. The summed E-state index contributed by atoms with van der Waals surface area (Å²) in [4.78, 5) is 20.7. The maximum atomic E-state index is 13.2. The van der Waals surface area contributed by atoms with E-state index in [2.05, 4.69) is 9.97 Å². The maximum absolute atomic E-state index is 13.2. The third-order valence-corrected chi connectivity index (χ3v) is 6.92. The molecule has 11 heteroatoms.